The normalized spacial score (nSPS) is 11.1. The van der Waals surface area contributed by atoms with E-state index in [0.717, 1.165) is 58.0 Å². The van der Waals surface area contributed by atoms with E-state index in [4.69, 9.17) is 0 Å². The molecule has 4 aromatic rings. The largest absolute Gasteiger partial charge is 0.381 e. The van der Waals surface area contributed by atoms with Gasteiger partial charge in [-0.2, -0.15) is 5.10 Å². The van der Waals surface area contributed by atoms with Crippen molar-refractivity contribution < 1.29 is 0 Å². The minimum absolute atomic E-state index is 0.653. The van der Waals surface area contributed by atoms with Crippen LogP contribution in [0.3, 0.4) is 0 Å². The van der Waals surface area contributed by atoms with Gasteiger partial charge in [0.05, 0.1) is 17.4 Å². The van der Waals surface area contributed by atoms with Gasteiger partial charge >= 0.3 is 0 Å². The molecule has 0 atom stereocenters. The van der Waals surface area contributed by atoms with E-state index in [1.807, 2.05) is 43.3 Å². The number of nitrogens with one attached hydrogen (secondary N) is 2. The van der Waals surface area contributed by atoms with E-state index >= 15 is 0 Å². The van der Waals surface area contributed by atoms with Gasteiger partial charge in [0.1, 0.15) is 5.82 Å². The number of aromatic nitrogens is 3. The van der Waals surface area contributed by atoms with Crippen molar-refractivity contribution in [3.8, 4) is 5.69 Å². The zero-order valence-electron chi connectivity index (χ0n) is 20.4. The number of likely N-dealkylation sites (N-methyl/N-ethyl adjacent to an activating group) is 1. The van der Waals surface area contributed by atoms with Gasteiger partial charge < -0.3 is 20.4 Å². The van der Waals surface area contributed by atoms with Crippen LogP contribution < -0.4 is 15.5 Å². The molecule has 2 heterocycles. The fraction of sp³-hybridized carbons (Fsp3) is 0.259. The van der Waals surface area contributed by atoms with Gasteiger partial charge in [0.25, 0.3) is 0 Å². The van der Waals surface area contributed by atoms with E-state index in [-0.39, 0.29) is 0 Å². The minimum Gasteiger partial charge on any atom is -0.381 e. The van der Waals surface area contributed by atoms with Gasteiger partial charge in [0, 0.05) is 62.3 Å². The van der Waals surface area contributed by atoms with Crippen LogP contribution in [0.25, 0.3) is 22.3 Å². The summed E-state index contributed by atoms with van der Waals surface area (Å²) in [7, 11) is 8.20. The molecule has 0 aliphatic rings. The number of anilines is 2. The van der Waals surface area contributed by atoms with Gasteiger partial charge in [-0.25, -0.2) is 9.67 Å². The molecular weight excluding hydrogens is 422 g/mol. The molecule has 7 heteroatoms. The maximum absolute atomic E-state index is 4.66. The molecule has 0 bridgehead atoms. The van der Waals surface area contributed by atoms with Gasteiger partial charge in [0.15, 0.2) is 0 Å². The summed E-state index contributed by atoms with van der Waals surface area (Å²) in [5, 5.41) is 12.5. The summed E-state index contributed by atoms with van der Waals surface area (Å²) in [5.74, 6) is 0.889. The predicted octanol–water partition coefficient (Wildman–Crippen LogP) is 4.22. The first-order chi connectivity index (χ1) is 16.4. The molecule has 0 saturated heterocycles. The van der Waals surface area contributed by atoms with Crippen molar-refractivity contribution in [2.75, 3.05) is 51.5 Å². The zero-order chi connectivity index (χ0) is 24.1. The van der Waals surface area contributed by atoms with Crippen molar-refractivity contribution in [1.82, 2.24) is 25.0 Å². The maximum Gasteiger partial charge on any atom is 0.125 e. The lowest BCUT2D eigenvalue weighted by Crippen LogP contribution is -2.21. The van der Waals surface area contributed by atoms with Crippen molar-refractivity contribution in [2.45, 2.75) is 6.54 Å². The summed E-state index contributed by atoms with van der Waals surface area (Å²) >= 11 is 0. The van der Waals surface area contributed by atoms with Crippen LogP contribution in [0.1, 0.15) is 11.1 Å². The third kappa shape index (κ3) is 5.38. The monoisotopic (exact) mass is 455 g/mol. The highest BCUT2D eigenvalue weighted by Crippen LogP contribution is 2.26. The molecule has 34 heavy (non-hydrogen) atoms. The number of nitrogens with zero attached hydrogens (tertiary/aromatic N) is 5. The van der Waals surface area contributed by atoms with Crippen LogP contribution >= 0.6 is 0 Å². The summed E-state index contributed by atoms with van der Waals surface area (Å²) in [6.45, 7) is 6.77. The van der Waals surface area contributed by atoms with Crippen molar-refractivity contribution in [2.24, 2.45) is 0 Å². The molecule has 0 saturated carbocycles. The van der Waals surface area contributed by atoms with Crippen LogP contribution in [0.2, 0.25) is 0 Å². The summed E-state index contributed by atoms with van der Waals surface area (Å²) < 4.78 is 1.97. The lowest BCUT2D eigenvalue weighted by molar-refractivity contribution is 0.425. The number of fused-ring (bicyclic) bond motifs is 1. The lowest BCUT2D eigenvalue weighted by Gasteiger charge is -2.13. The summed E-state index contributed by atoms with van der Waals surface area (Å²) in [6.07, 6.45) is 3.81. The van der Waals surface area contributed by atoms with E-state index in [1.54, 1.807) is 0 Å². The SMILES string of the molecule is C=C(NCc1ccc(NCCN(C)C)nc1)c1cccc2c1cnn2-c1ccc(N(C)C)cc1. The molecule has 0 aliphatic heterocycles. The molecule has 0 aliphatic carbocycles. The van der Waals surface area contributed by atoms with Crippen molar-refractivity contribution in [1.29, 1.82) is 0 Å². The Kier molecular flexibility index (Phi) is 7.13. The lowest BCUT2D eigenvalue weighted by atomic mass is 10.1. The Morgan fingerprint density at radius 1 is 0.971 bits per heavy atom. The molecule has 0 fully saturated rings. The second-order valence-electron chi connectivity index (χ2n) is 8.82. The highest BCUT2D eigenvalue weighted by Gasteiger charge is 2.11. The summed E-state index contributed by atoms with van der Waals surface area (Å²) in [5.41, 5.74) is 6.24. The number of benzene rings is 2. The van der Waals surface area contributed by atoms with Crippen LogP contribution in [0, 0.1) is 0 Å². The molecule has 2 aromatic heterocycles. The third-order valence-electron chi connectivity index (χ3n) is 5.75. The predicted molar refractivity (Wildman–Crippen MR) is 143 cm³/mol. The molecule has 0 unspecified atom stereocenters. The molecule has 4 rings (SSSR count). The quantitative estimate of drug-likeness (QED) is 0.373. The average Bonchev–Trinajstić information content (AvgIpc) is 3.27. The second kappa shape index (κ2) is 10.4. The highest BCUT2D eigenvalue weighted by atomic mass is 15.3. The molecule has 2 aromatic carbocycles. The van der Waals surface area contributed by atoms with Crippen molar-refractivity contribution in [3.05, 3.63) is 84.7 Å². The first-order valence-electron chi connectivity index (χ1n) is 11.4. The Morgan fingerprint density at radius 2 is 1.76 bits per heavy atom. The number of hydrogen-bond donors (Lipinski definition) is 2. The standard InChI is InChI=1S/C27H33N7/c1-20(29-17-21-9-14-27(30-18-21)28-15-16-32(2)3)24-7-6-8-26-25(24)19-31-34(26)23-12-10-22(11-13-23)33(4)5/h6-14,18-19,29H,1,15-17H2,2-5H3,(H,28,30). The molecule has 176 valence electrons. The second-order valence-corrected chi connectivity index (χ2v) is 8.82. The van der Waals surface area contributed by atoms with E-state index < -0.39 is 0 Å². The fourth-order valence-corrected chi connectivity index (χ4v) is 3.76. The van der Waals surface area contributed by atoms with Crippen LogP contribution in [-0.4, -0.2) is 60.9 Å². The number of pyridine rings is 1. The van der Waals surface area contributed by atoms with Crippen LogP contribution in [0.15, 0.2) is 73.6 Å². The first kappa shape index (κ1) is 23.3. The van der Waals surface area contributed by atoms with Gasteiger partial charge in [-0.15, -0.1) is 0 Å². The van der Waals surface area contributed by atoms with Crippen molar-refractivity contribution >= 4 is 28.1 Å². The number of rotatable bonds is 10. The van der Waals surface area contributed by atoms with E-state index in [1.165, 1.54) is 0 Å². The zero-order valence-corrected chi connectivity index (χ0v) is 20.4. The van der Waals surface area contributed by atoms with Crippen LogP contribution in [0.4, 0.5) is 11.5 Å². The molecule has 0 radical (unpaired) electrons. The Bertz CT molecular complexity index is 1240. The molecular formula is C27H33N7. The average molecular weight is 456 g/mol. The molecule has 2 N–H and O–H groups in total. The molecule has 0 amide bonds. The third-order valence-corrected chi connectivity index (χ3v) is 5.75. The topological polar surface area (TPSA) is 61.2 Å². The first-order valence-corrected chi connectivity index (χ1v) is 11.4. The van der Waals surface area contributed by atoms with Gasteiger partial charge in [-0.1, -0.05) is 24.8 Å². The Labute approximate surface area is 201 Å². The van der Waals surface area contributed by atoms with E-state index in [0.29, 0.717) is 6.54 Å². The molecule has 7 nitrogen and oxygen atoms in total. The Morgan fingerprint density at radius 3 is 2.44 bits per heavy atom. The smallest absolute Gasteiger partial charge is 0.125 e. The van der Waals surface area contributed by atoms with Crippen molar-refractivity contribution in [3.63, 3.8) is 0 Å². The number of hydrogen-bond acceptors (Lipinski definition) is 6. The van der Waals surface area contributed by atoms with E-state index in [2.05, 4.69) is 93.7 Å². The Hall–Kier alpha value is -3.84. The summed E-state index contributed by atoms with van der Waals surface area (Å²) in [4.78, 5) is 8.74. The van der Waals surface area contributed by atoms with E-state index in [9.17, 15) is 0 Å². The minimum atomic E-state index is 0.653. The van der Waals surface area contributed by atoms with Crippen LogP contribution in [0.5, 0.6) is 0 Å². The van der Waals surface area contributed by atoms with Gasteiger partial charge in [0.2, 0.25) is 0 Å². The van der Waals surface area contributed by atoms with Gasteiger partial charge in [-0.05, 0) is 56.1 Å². The maximum atomic E-state index is 4.66. The Balaban J connectivity index is 1.44. The summed E-state index contributed by atoms with van der Waals surface area (Å²) in [6, 6.07) is 18.7. The molecule has 0 spiro atoms. The van der Waals surface area contributed by atoms with Gasteiger partial charge in [-0.3, -0.25) is 0 Å². The fourth-order valence-electron chi connectivity index (χ4n) is 3.76. The van der Waals surface area contributed by atoms with Crippen LogP contribution in [-0.2, 0) is 6.54 Å². The highest BCUT2D eigenvalue weighted by molar-refractivity contribution is 5.91.